The number of halogens is 1. The van der Waals surface area contributed by atoms with Crippen molar-refractivity contribution >= 4 is 17.5 Å². The highest BCUT2D eigenvalue weighted by molar-refractivity contribution is 6.17. The Hall–Kier alpha value is -1.02. The predicted molar refractivity (Wildman–Crippen MR) is 88.6 cm³/mol. The highest BCUT2D eigenvalue weighted by atomic mass is 35.5. The molecule has 1 heterocycles. The van der Waals surface area contributed by atoms with E-state index in [0.29, 0.717) is 5.88 Å². The lowest BCUT2D eigenvalue weighted by Crippen LogP contribution is -2.46. The van der Waals surface area contributed by atoms with Gasteiger partial charge in [0.2, 0.25) is 5.91 Å². The summed E-state index contributed by atoms with van der Waals surface area (Å²) >= 11 is 6.05. The largest absolute Gasteiger partial charge is 0.339 e. The van der Waals surface area contributed by atoms with Crippen LogP contribution >= 0.6 is 11.6 Å². The number of amides is 1. The molecule has 0 bridgehead atoms. The van der Waals surface area contributed by atoms with E-state index >= 15 is 0 Å². The second-order valence-electron chi connectivity index (χ2n) is 6.62. The Bertz CT molecular complexity index is 485. The molecule has 21 heavy (non-hydrogen) atoms. The fourth-order valence-corrected chi connectivity index (χ4v) is 4.16. The summed E-state index contributed by atoms with van der Waals surface area (Å²) < 4.78 is 0. The van der Waals surface area contributed by atoms with Crippen molar-refractivity contribution in [2.75, 3.05) is 12.4 Å². The van der Waals surface area contributed by atoms with Gasteiger partial charge in [-0.3, -0.25) is 4.79 Å². The molecule has 2 atom stereocenters. The summed E-state index contributed by atoms with van der Waals surface area (Å²) in [6, 6.07) is 10.5. The molecule has 1 fully saturated rings. The first-order valence-corrected chi connectivity index (χ1v) is 8.42. The third-order valence-electron chi connectivity index (χ3n) is 4.92. The lowest BCUT2D eigenvalue weighted by atomic mass is 9.64. The van der Waals surface area contributed by atoms with Crippen LogP contribution in [0.1, 0.15) is 39.7 Å². The van der Waals surface area contributed by atoms with Gasteiger partial charge in [-0.1, -0.05) is 44.2 Å². The normalized spacial score (nSPS) is 26.1. The van der Waals surface area contributed by atoms with Gasteiger partial charge in [-0.25, -0.2) is 0 Å². The Labute approximate surface area is 133 Å². The lowest BCUT2D eigenvalue weighted by molar-refractivity contribution is -0.135. The van der Waals surface area contributed by atoms with Crippen LogP contribution in [0.3, 0.4) is 0 Å². The van der Waals surface area contributed by atoms with Crippen LogP contribution in [0.25, 0.3) is 0 Å². The van der Waals surface area contributed by atoms with Crippen LogP contribution in [0.5, 0.6) is 0 Å². The highest BCUT2D eigenvalue weighted by Gasteiger charge is 2.56. The Kier molecular flexibility index (Phi) is 4.98. The third kappa shape index (κ3) is 2.59. The first kappa shape index (κ1) is 16.4. The van der Waals surface area contributed by atoms with Gasteiger partial charge in [-0.05, 0) is 37.7 Å². The van der Waals surface area contributed by atoms with Gasteiger partial charge in [0.1, 0.15) is 0 Å². The van der Waals surface area contributed by atoms with Crippen LogP contribution in [0.15, 0.2) is 30.3 Å². The minimum absolute atomic E-state index is 0.236. The van der Waals surface area contributed by atoms with Gasteiger partial charge in [0.25, 0.3) is 0 Å². The van der Waals surface area contributed by atoms with E-state index in [9.17, 15) is 4.79 Å². The van der Waals surface area contributed by atoms with Crippen molar-refractivity contribution in [1.29, 1.82) is 0 Å². The number of benzene rings is 1. The Morgan fingerprint density at radius 1 is 1.24 bits per heavy atom. The molecule has 1 aliphatic rings. The molecule has 0 unspecified atom stereocenters. The van der Waals surface area contributed by atoms with Crippen molar-refractivity contribution < 1.29 is 4.79 Å². The molecule has 1 aromatic carbocycles. The number of likely N-dealkylation sites (tertiary alicyclic amines) is 1. The van der Waals surface area contributed by atoms with Crippen molar-refractivity contribution in [3.05, 3.63) is 35.9 Å². The van der Waals surface area contributed by atoms with E-state index < -0.39 is 5.41 Å². The summed E-state index contributed by atoms with van der Waals surface area (Å²) in [6.07, 6.45) is 0.879. The third-order valence-corrected chi connectivity index (χ3v) is 5.14. The zero-order valence-electron chi connectivity index (χ0n) is 13.5. The number of nitrogens with zero attached hydrogens (tertiary/aromatic N) is 1. The second-order valence-corrected chi connectivity index (χ2v) is 6.99. The van der Waals surface area contributed by atoms with Crippen LogP contribution in [-0.4, -0.2) is 29.3 Å². The molecule has 1 aliphatic heterocycles. The average molecular weight is 308 g/mol. The zero-order valence-corrected chi connectivity index (χ0v) is 14.2. The second kappa shape index (κ2) is 6.39. The van der Waals surface area contributed by atoms with Gasteiger partial charge < -0.3 is 4.90 Å². The minimum Gasteiger partial charge on any atom is -0.339 e. The van der Waals surface area contributed by atoms with E-state index in [2.05, 4.69) is 39.8 Å². The molecule has 3 heteroatoms. The maximum Gasteiger partial charge on any atom is 0.234 e. The Balaban J connectivity index is 2.57. The molecular formula is C18H26ClNO. The molecule has 1 amide bonds. The van der Waals surface area contributed by atoms with E-state index in [-0.39, 0.29) is 23.8 Å². The molecule has 1 saturated heterocycles. The zero-order chi connectivity index (χ0) is 15.6. The number of carbonyl (C=O) groups excluding carboxylic acids is 1. The van der Waals surface area contributed by atoms with Crippen molar-refractivity contribution in [2.45, 2.75) is 45.6 Å². The molecule has 0 spiro atoms. The summed E-state index contributed by atoms with van der Waals surface area (Å²) in [7, 11) is 0. The first-order valence-electron chi connectivity index (χ1n) is 7.88. The first-order chi connectivity index (χ1) is 9.96. The maximum absolute atomic E-state index is 13.3. The van der Waals surface area contributed by atoms with Gasteiger partial charge in [0.15, 0.2) is 0 Å². The number of rotatable bonds is 5. The fraction of sp³-hybridized carbons (Fsp3) is 0.611. The highest BCUT2D eigenvalue weighted by Crippen LogP contribution is 2.48. The SMILES string of the molecule is CC(C)N1C[C@@H](CCCl)[C@@](c2ccccc2)(C(C)C)C1=O. The smallest absolute Gasteiger partial charge is 0.234 e. The summed E-state index contributed by atoms with van der Waals surface area (Å²) in [5.41, 5.74) is 0.712. The standard InChI is InChI=1S/C18H26ClNO/c1-13(2)18(15-8-6-5-7-9-15)16(10-11-19)12-20(14(3)4)17(18)21/h5-9,13-14,16H,10-12H2,1-4H3/t16-,18+/m1/s1. The van der Waals surface area contributed by atoms with Crippen LogP contribution in [0.2, 0.25) is 0 Å². The van der Waals surface area contributed by atoms with Crippen molar-refractivity contribution in [3.63, 3.8) is 0 Å². The molecule has 0 aromatic heterocycles. The van der Waals surface area contributed by atoms with E-state index in [1.807, 2.05) is 23.1 Å². The maximum atomic E-state index is 13.3. The Morgan fingerprint density at radius 3 is 2.33 bits per heavy atom. The minimum atomic E-state index is -0.430. The van der Waals surface area contributed by atoms with Gasteiger partial charge in [0.05, 0.1) is 5.41 Å². The lowest BCUT2D eigenvalue weighted by Gasteiger charge is -2.37. The van der Waals surface area contributed by atoms with Gasteiger partial charge in [-0.2, -0.15) is 0 Å². The van der Waals surface area contributed by atoms with Crippen LogP contribution in [-0.2, 0) is 10.2 Å². The average Bonchev–Trinajstić information content (AvgIpc) is 2.74. The molecule has 0 aliphatic carbocycles. The summed E-state index contributed by atoms with van der Waals surface area (Å²) in [6.45, 7) is 9.33. The quantitative estimate of drug-likeness (QED) is 0.751. The van der Waals surface area contributed by atoms with Gasteiger partial charge in [0, 0.05) is 18.5 Å². The van der Waals surface area contributed by atoms with Crippen molar-refractivity contribution in [3.8, 4) is 0 Å². The molecule has 116 valence electrons. The van der Waals surface area contributed by atoms with Crippen LogP contribution < -0.4 is 0 Å². The molecular weight excluding hydrogens is 282 g/mol. The topological polar surface area (TPSA) is 20.3 Å². The van der Waals surface area contributed by atoms with Gasteiger partial charge >= 0.3 is 0 Å². The van der Waals surface area contributed by atoms with E-state index in [1.165, 1.54) is 0 Å². The van der Waals surface area contributed by atoms with Crippen molar-refractivity contribution in [2.24, 2.45) is 11.8 Å². The number of carbonyl (C=O) groups is 1. The van der Waals surface area contributed by atoms with Crippen LogP contribution in [0.4, 0.5) is 0 Å². The van der Waals surface area contributed by atoms with Crippen LogP contribution in [0, 0.1) is 11.8 Å². The van der Waals surface area contributed by atoms with Gasteiger partial charge in [-0.15, -0.1) is 11.6 Å². The number of alkyl halides is 1. The molecule has 1 aromatic rings. The molecule has 0 saturated carbocycles. The molecule has 0 radical (unpaired) electrons. The fourth-order valence-electron chi connectivity index (χ4n) is 3.90. The molecule has 0 N–H and O–H groups in total. The number of hydrogen-bond donors (Lipinski definition) is 0. The Morgan fingerprint density at radius 2 is 1.86 bits per heavy atom. The molecule has 2 nitrogen and oxygen atoms in total. The van der Waals surface area contributed by atoms with E-state index in [0.717, 1.165) is 18.5 Å². The van der Waals surface area contributed by atoms with Crippen molar-refractivity contribution in [1.82, 2.24) is 4.90 Å². The summed E-state index contributed by atoms with van der Waals surface area (Å²) in [4.78, 5) is 15.3. The summed E-state index contributed by atoms with van der Waals surface area (Å²) in [5.74, 6) is 1.41. The monoisotopic (exact) mass is 307 g/mol. The number of hydrogen-bond acceptors (Lipinski definition) is 1. The predicted octanol–water partition coefficient (Wildman–Crippen LogP) is 4.08. The van der Waals surface area contributed by atoms with E-state index in [1.54, 1.807) is 0 Å². The summed E-state index contributed by atoms with van der Waals surface area (Å²) in [5, 5.41) is 0. The molecule has 2 rings (SSSR count). The van der Waals surface area contributed by atoms with E-state index in [4.69, 9.17) is 11.6 Å².